The highest BCUT2D eigenvalue weighted by molar-refractivity contribution is 5.81. The fourth-order valence-corrected chi connectivity index (χ4v) is 5.26. The van der Waals surface area contributed by atoms with Gasteiger partial charge in [0.2, 0.25) is 5.91 Å². The average molecular weight is 399 g/mol. The number of hydrogen-bond donors (Lipinski definition) is 2. The fraction of sp³-hybridized carbons (Fsp3) is 0.591. The van der Waals surface area contributed by atoms with E-state index >= 15 is 0 Å². The third-order valence-electron chi connectivity index (χ3n) is 6.88. The van der Waals surface area contributed by atoms with E-state index in [0.717, 1.165) is 31.2 Å². The van der Waals surface area contributed by atoms with Crippen molar-refractivity contribution >= 4 is 17.9 Å². The normalized spacial score (nSPS) is 28.8. The molecular formula is C22H29N3O4. The van der Waals surface area contributed by atoms with Crippen LogP contribution in [0.5, 0.6) is 0 Å². The van der Waals surface area contributed by atoms with Crippen molar-refractivity contribution in [2.45, 2.75) is 44.6 Å². The van der Waals surface area contributed by atoms with E-state index in [2.05, 4.69) is 5.32 Å². The number of nitrogens with zero attached hydrogens (tertiary/aromatic N) is 2. The monoisotopic (exact) mass is 399 g/mol. The molecule has 2 N–H and O–H groups in total. The summed E-state index contributed by atoms with van der Waals surface area (Å²) >= 11 is 0. The number of carbonyl (C=O) groups excluding carboxylic acids is 2. The summed E-state index contributed by atoms with van der Waals surface area (Å²) in [7, 11) is 0. The van der Waals surface area contributed by atoms with Crippen molar-refractivity contribution in [3.63, 3.8) is 0 Å². The second-order valence-electron chi connectivity index (χ2n) is 8.72. The number of urea groups is 1. The van der Waals surface area contributed by atoms with Crippen molar-refractivity contribution in [3.8, 4) is 0 Å². The molecule has 4 rings (SSSR count). The Morgan fingerprint density at radius 1 is 1.07 bits per heavy atom. The Hall–Kier alpha value is -2.57. The summed E-state index contributed by atoms with van der Waals surface area (Å²) in [5.74, 6) is -0.637. The van der Waals surface area contributed by atoms with Crippen LogP contribution in [0.4, 0.5) is 4.79 Å². The van der Waals surface area contributed by atoms with Gasteiger partial charge in [-0.2, -0.15) is 0 Å². The predicted octanol–water partition coefficient (Wildman–Crippen LogP) is 2.12. The number of piperidine rings is 1. The van der Waals surface area contributed by atoms with E-state index in [4.69, 9.17) is 0 Å². The van der Waals surface area contributed by atoms with Gasteiger partial charge < -0.3 is 20.2 Å². The first-order valence-corrected chi connectivity index (χ1v) is 10.6. The Balaban J connectivity index is 1.32. The molecule has 3 amide bonds. The molecule has 0 aromatic heterocycles. The number of hydrogen-bond acceptors (Lipinski definition) is 3. The molecule has 0 bridgehead atoms. The van der Waals surface area contributed by atoms with Crippen LogP contribution in [-0.2, 0) is 16.0 Å². The maximum atomic E-state index is 12.8. The maximum absolute atomic E-state index is 12.8. The Bertz CT molecular complexity index is 784. The largest absolute Gasteiger partial charge is 0.481 e. The van der Waals surface area contributed by atoms with E-state index in [0.29, 0.717) is 39.0 Å². The van der Waals surface area contributed by atoms with E-state index in [1.54, 1.807) is 4.90 Å². The molecule has 2 heterocycles. The number of carboxylic acid groups (broad SMARTS) is 1. The van der Waals surface area contributed by atoms with Crippen LogP contribution in [0.2, 0.25) is 0 Å². The molecule has 2 saturated heterocycles. The SMILES string of the molecule is O=C(Cc1ccccc1)N1CCCC(NC(=O)N2C[C@@H]3CCC[C@@]3(C(=O)O)C2)C1. The first-order valence-electron chi connectivity index (χ1n) is 10.6. The van der Waals surface area contributed by atoms with E-state index in [1.807, 2.05) is 35.2 Å². The quantitative estimate of drug-likeness (QED) is 0.812. The second-order valence-corrected chi connectivity index (χ2v) is 8.72. The van der Waals surface area contributed by atoms with Crippen LogP contribution in [0, 0.1) is 11.3 Å². The van der Waals surface area contributed by atoms with Crippen LogP contribution in [0.15, 0.2) is 30.3 Å². The number of amides is 3. The van der Waals surface area contributed by atoms with Crippen LogP contribution in [0.1, 0.15) is 37.7 Å². The summed E-state index contributed by atoms with van der Waals surface area (Å²) in [6, 6.07) is 9.41. The van der Waals surface area contributed by atoms with Crippen molar-refractivity contribution in [2.24, 2.45) is 11.3 Å². The Morgan fingerprint density at radius 3 is 2.59 bits per heavy atom. The van der Waals surface area contributed by atoms with Gasteiger partial charge in [-0.1, -0.05) is 36.8 Å². The zero-order chi connectivity index (χ0) is 20.4. The summed E-state index contributed by atoms with van der Waals surface area (Å²) in [4.78, 5) is 40.8. The molecule has 0 spiro atoms. The van der Waals surface area contributed by atoms with Crippen molar-refractivity contribution < 1.29 is 19.5 Å². The Kier molecular flexibility index (Phi) is 5.48. The minimum atomic E-state index is -0.773. The molecule has 3 aliphatic rings. The lowest BCUT2D eigenvalue weighted by atomic mass is 9.81. The van der Waals surface area contributed by atoms with Crippen LogP contribution in [0.3, 0.4) is 0 Å². The zero-order valence-corrected chi connectivity index (χ0v) is 16.7. The van der Waals surface area contributed by atoms with Gasteiger partial charge in [-0.25, -0.2) is 4.79 Å². The first-order chi connectivity index (χ1) is 14.0. The first kappa shape index (κ1) is 19.7. The van der Waals surface area contributed by atoms with Crippen molar-refractivity contribution in [2.75, 3.05) is 26.2 Å². The number of nitrogens with one attached hydrogen (secondary N) is 1. The average Bonchev–Trinajstić information content (AvgIpc) is 3.28. The lowest BCUT2D eigenvalue weighted by molar-refractivity contribution is -0.149. The summed E-state index contributed by atoms with van der Waals surface area (Å²) in [5.41, 5.74) is 0.230. The van der Waals surface area contributed by atoms with Crippen molar-refractivity contribution in [1.82, 2.24) is 15.1 Å². The number of carboxylic acids is 1. The van der Waals surface area contributed by atoms with Crippen LogP contribution in [0.25, 0.3) is 0 Å². The van der Waals surface area contributed by atoms with Gasteiger partial charge in [0, 0.05) is 32.2 Å². The molecule has 3 atom stereocenters. The fourth-order valence-electron chi connectivity index (χ4n) is 5.26. The zero-order valence-electron chi connectivity index (χ0n) is 16.7. The van der Waals surface area contributed by atoms with E-state index in [9.17, 15) is 19.5 Å². The lowest BCUT2D eigenvalue weighted by Gasteiger charge is -2.34. The molecule has 1 saturated carbocycles. The molecule has 7 heteroatoms. The van der Waals surface area contributed by atoms with Crippen LogP contribution in [-0.4, -0.2) is 65.0 Å². The van der Waals surface area contributed by atoms with Gasteiger partial charge in [0.1, 0.15) is 0 Å². The highest BCUT2D eigenvalue weighted by atomic mass is 16.4. The molecule has 29 heavy (non-hydrogen) atoms. The van der Waals surface area contributed by atoms with E-state index in [1.165, 1.54) is 0 Å². The number of likely N-dealkylation sites (tertiary alicyclic amines) is 2. The van der Waals surface area contributed by atoms with Gasteiger partial charge in [-0.3, -0.25) is 9.59 Å². The Morgan fingerprint density at radius 2 is 1.86 bits per heavy atom. The number of benzene rings is 1. The molecule has 0 radical (unpaired) electrons. The third kappa shape index (κ3) is 3.95. The van der Waals surface area contributed by atoms with Crippen molar-refractivity contribution in [1.29, 1.82) is 0 Å². The molecule has 7 nitrogen and oxygen atoms in total. The predicted molar refractivity (Wildman–Crippen MR) is 107 cm³/mol. The summed E-state index contributed by atoms with van der Waals surface area (Å²) < 4.78 is 0. The molecule has 1 unspecified atom stereocenters. The van der Waals surface area contributed by atoms with E-state index in [-0.39, 0.29) is 23.9 Å². The van der Waals surface area contributed by atoms with Gasteiger partial charge in [-0.05, 0) is 37.2 Å². The number of fused-ring (bicyclic) bond motifs is 1. The third-order valence-corrected chi connectivity index (χ3v) is 6.88. The standard InChI is InChI=1S/C22H29N3O4/c26-19(12-16-6-2-1-3-7-16)24-11-5-9-18(14-24)23-21(29)25-13-17-8-4-10-22(17,15-25)20(27)28/h1-3,6-7,17-18H,4-5,8-15H2,(H,23,29)(H,27,28)/t17-,18?,22+/m0/s1. The molecule has 1 aliphatic carbocycles. The van der Waals surface area contributed by atoms with Gasteiger partial charge in [0.15, 0.2) is 0 Å². The number of rotatable bonds is 4. The van der Waals surface area contributed by atoms with Gasteiger partial charge in [-0.15, -0.1) is 0 Å². The topological polar surface area (TPSA) is 90.0 Å². The highest BCUT2D eigenvalue weighted by Gasteiger charge is 2.55. The Labute approximate surface area is 171 Å². The second kappa shape index (κ2) is 8.05. The highest BCUT2D eigenvalue weighted by Crippen LogP contribution is 2.48. The number of carbonyl (C=O) groups is 3. The van der Waals surface area contributed by atoms with E-state index < -0.39 is 11.4 Å². The maximum Gasteiger partial charge on any atom is 0.317 e. The summed E-state index contributed by atoms with van der Waals surface area (Å²) in [6.45, 7) is 2.04. The van der Waals surface area contributed by atoms with Gasteiger partial charge in [0.25, 0.3) is 0 Å². The molecule has 1 aromatic carbocycles. The van der Waals surface area contributed by atoms with Gasteiger partial charge in [0.05, 0.1) is 11.8 Å². The lowest BCUT2D eigenvalue weighted by Crippen LogP contribution is -2.53. The summed E-state index contributed by atoms with van der Waals surface area (Å²) in [5, 5.41) is 12.8. The molecular weight excluding hydrogens is 370 g/mol. The smallest absolute Gasteiger partial charge is 0.317 e. The minimum Gasteiger partial charge on any atom is -0.481 e. The summed E-state index contributed by atoms with van der Waals surface area (Å²) in [6.07, 6.45) is 4.52. The van der Waals surface area contributed by atoms with Crippen molar-refractivity contribution in [3.05, 3.63) is 35.9 Å². The number of aliphatic carboxylic acids is 1. The molecule has 1 aromatic rings. The minimum absolute atomic E-state index is 0.0565. The van der Waals surface area contributed by atoms with Crippen LogP contribution >= 0.6 is 0 Å². The van der Waals surface area contributed by atoms with Gasteiger partial charge >= 0.3 is 12.0 Å². The molecule has 3 fully saturated rings. The van der Waals surface area contributed by atoms with Crippen LogP contribution < -0.4 is 5.32 Å². The molecule has 2 aliphatic heterocycles. The molecule has 156 valence electrons.